The number of nitrogens with zero attached hydrogens (tertiary/aromatic N) is 3. The topological polar surface area (TPSA) is 73.7 Å². The molecule has 1 amide bonds. The molecule has 0 spiro atoms. The van der Waals surface area contributed by atoms with E-state index in [4.69, 9.17) is 0 Å². The number of amides is 1. The quantitative estimate of drug-likeness (QED) is 0.222. The predicted molar refractivity (Wildman–Crippen MR) is 138 cm³/mol. The summed E-state index contributed by atoms with van der Waals surface area (Å²) in [6.45, 7) is 7.79. The number of carbonyl (C=O) groups excluding carboxylic acids is 2. The zero-order chi connectivity index (χ0) is 24.5. The van der Waals surface area contributed by atoms with E-state index in [-0.39, 0.29) is 11.3 Å². The molecule has 1 aliphatic heterocycles. The number of Topliss-reactive ketones (excluding diaryl/α,β-unsaturated/α-hetero) is 1. The van der Waals surface area contributed by atoms with Gasteiger partial charge in [-0.25, -0.2) is 0 Å². The first kappa shape index (κ1) is 26.1. The number of hydrogen-bond donors (Lipinski definition) is 1. The van der Waals surface area contributed by atoms with Gasteiger partial charge in [0, 0.05) is 29.0 Å². The van der Waals surface area contributed by atoms with Gasteiger partial charge in [-0.15, -0.1) is 0 Å². The number of hydrogen-bond acceptors (Lipinski definition) is 5. The summed E-state index contributed by atoms with van der Waals surface area (Å²) in [5.74, 6) is -1.38. The minimum atomic E-state index is -0.655. The van der Waals surface area contributed by atoms with Gasteiger partial charge in [0.25, 0.3) is 11.7 Å². The number of benzene rings is 1. The Hall–Kier alpha value is -2.51. The maximum Gasteiger partial charge on any atom is 0.295 e. The summed E-state index contributed by atoms with van der Waals surface area (Å²) >= 11 is 3.39. The van der Waals surface area contributed by atoms with Gasteiger partial charge in [0.2, 0.25) is 0 Å². The van der Waals surface area contributed by atoms with Crippen LogP contribution in [0.3, 0.4) is 0 Å². The van der Waals surface area contributed by atoms with Gasteiger partial charge in [-0.1, -0.05) is 60.8 Å². The van der Waals surface area contributed by atoms with Crippen LogP contribution in [0.5, 0.6) is 0 Å². The third-order valence-corrected chi connectivity index (χ3v) is 6.72. The van der Waals surface area contributed by atoms with E-state index in [0.717, 1.165) is 56.2 Å². The van der Waals surface area contributed by atoms with Crippen LogP contribution < -0.4 is 0 Å². The molecule has 3 rings (SSSR count). The number of aromatic nitrogens is 1. The normalized spacial score (nSPS) is 17.6. The summed E-state index contributed by atoms with van der Waals surface area (Å²) in [6.07, 6.45) is 8.67. The van der Waals surface area contributed by atoms with Crippen molar-refractivity contribution in [3.63, 3.8) is 0 Å². The van der Waals surface area contributed by atoms with Gasteiger partial charge in [-0.05, 0) is 62.7 Å². The zero-order valence-electron chi connectivity index (χ0n) is 20.0. The van der Waals surface area contributed by atoms with Crippen LogP contribution in [0.1, 0.15) is 63.1 Å². The molecule has 1 saturated heterocycles. The fraction of sp³-hybridized carbons (Fsp3) is 0.444. The van der Waals surface area contributed by atoms with Crippen LogP contribution in [0.15, 0.2) is 58.8 Å². The Morgan fingerprint density at radius 3 is 2.26 bits per heavy atom. The van der Waals surface area contributed by atoms with Crippen molar-refractivity contribution in [2.24, 2.45) is 0 Å². The van der Waals surface area contributed by atoms with Crippen LogP contribution in [0.2, 0.25) is 0 Å². The number of carbonyl (C=O) groups is 2. The van der Waals surface area contributed by atoms with Gasteiger partial charge >= 0.3 is 0 Å². The summed E-state index contributed by atoms with van der Waals surface area (Å²) in [7, 11) is 0. The van der Waals surface area contributed by atoms with E-state index in [1.807, 2.05) is 6.07 Å². The van der Waals surface area contributed by atoms with Crippen LogP contribution >= 0.6 is 15.9 Å². The van der Waals surface area contributed by atoms with Crippen molar-refractivity contribution in [3.05, 3.63) is 70.0 Å². The summed E-state index contributed by atoms with van der Waals surface area (Å²) in [6, 6.07) is 10.0. The second-order valence-electron chi connectivity index (χ2n) is 8.69. The van der Waals surface area contributed by atoms with Gasteiger partial charge in [0.1, 0.15) is 5.76 Å². The maximum absolute atomic E-state index is 13.1. The molecule has 1 fully saturated rings. The lowest BCUT2D eigenvalue weighted by Crippen LogP contribution is -2.34. The average Bonchev–Trinajstić information content (AvgIpc) is 3.11. The van der Waals surface area contributed by atoms with Crippen molar-refractivity contribution in [2.75, 3.05) is 26.2 Å². The molecule has 34 heavy (non-hydrogen) atoms. The molecule has 1 aromatic carbocycles. The highest BCUT2D eigenvalue weighted by Gasteiger charge is 2.45. The molecular weight excluding hydrogens is 494 g/mol. The molecular formula is C27H34BrN3O3. The number of aliphatic hydroxyl groups is 1. The van der Waals surface area contributed by atoms with E-state index in [9.17, 15) is 14.7 Å². The SMILES string of the molecule is CCCCN(CCCC)CCCN1C(=O)C(=O)C(=C(O)c2ccc(Br)cc2)[C@@H]1c1cccnc1. The predicted octanol–water partition coefficient (Wildman–Crippen LogP) is 5.56. The third kappa shape index (κ3) is 6.33. The van der Waals surface area contributed by atoms with Crippen LogP contribution in [0.4, 0.5) is 0 Å². The second-order valence-corrected chi connectivity index (χ2v) is 9.60. The fourth-order valence-corrected chi connectivity index (χ4v) is 4.59. The Balaban J connectivity index is 1.87. The standard InChI is InChI=1S/C27H34BrN3O3/c1-3-5-15-30(16-6-4-2)17-8-18-31-24(21-9-7-14-29-19-21)23(26(33)27(31)34)25(32)20-10-12-22(28)13-11-20/h7,9-14,19,24,32H,3-6,8,15-18H2,1-2H3/t24-/m0/s1. The molecule has 6 nitrogen and oxygen atoms in total. The molecule has 1 aliphatic rings. The van der Waals surface area contributed by atoms with Gasteiger partial charge in [-0.2, -0.15) is 0 Å². The first-order valence-corrected chi connectivity index (χ1v) is 12.9. The second kappa shape index (κ2) is 12.8. The molecule has 2 heterocycles. The van der Waals surface area contributed by atoms with E-state index in [1.165, 1.54) is 0 Å². The summed E-state index contributed by atoms with van der Waals surface area (Å²) in [5.41, 5.74) is 1.34. The molecule has 0 unspecified atom stereocenters. The molecule has 1 atom stereocenters. The van der Waals surface area contributed by atoms with E-state index >= 15 is 0 Å². The highest BCUT2D eigenvalue weighted by Crippen LogP contribution is 2.39. The first-order chi connectivity index (χ1) is 16.5. The Bertz CT molecular complexity index is 984. The highest BCUT2D eigenvalue weighted by molar-refractivity contribution is 9.10. The molecule has 0 radical (unpaired) electrons. The largest absolute Gasteiger partial charge is 0.507 e. The minimum Gasteiger partial charge on any atom is -0.507 e. The number of ketones is 1. The Morgan fingerprint density at radius 2 is 1.68 bits per heavy atom. The van der Waals surface area contributed by atoms with Crippen molar-refractivity contribution in [2.45, 2.75) is 52.0 Å². The number of likely N-dealkylation sites (tertiary alicyclic amines) is 1. The zero-order valence-corrected chi connectivity index (χ0v) is 21.6. The average molecular weight is 528 g/mol. The molecule has 2 aromatic rings. The molecule has 0 saturated carbocycles. The van der Waals surface area contributed by atoms with Crippen molar-refractivity contribution >= 4 is 33.4 Å². The van der Waals surface area contributed by atoms with Crippen LogP contribution in [0.25, 0.3) is 5.76 Å². The molecule has 1 N–H and O–H groups in total. The smallest absolute Gasteiger partial charge is 0.295 e. The Labute approximate surface area is 210 Å². The number of pyridine rings is 1. The molecule has 182 valence electrons. The van der Waals surface area contributed by atoms with Crippen LogP contribution in [0, 0.1) is 0 Å². The van der Waals surface area contributed by atoms with Crippen LogP contribution in [-0.4, -0.2) is 57.8 Å². The summed E-state index contributed by atoms with van der Waals surface area (Å²) in [5, 5.41) is 11.1. The lowest BCUT2D eigenvalue weighted by molar-refractivity contribution is -0.140. The van der Waals surface area contributed by atoms with E-state index in [1.54, 1.807) is 47.6 Å². The minimum absolute atomic E-state index is 0.120. The third-order valence-electron chi connectivity index (χ3n) is 6.19. The van der Waals surface area contributed by atoms with Gasteiger partial charge in [-0.3, -0.25) is 14.6 Å². The van der Waals surface area contributed by atoms with E-state index in [0.29, 0.717) is 17.7 Å². The Kier molecular flexibility index (Phi) is 9.84. The number of rotatable bonds is 12. The number of aliphatic hydroxyl groups excluding tert-OH is 1. The van der Waals surface area contributed by atoms with Crippen LogP contribution in [-0.2, 0) is 9.59 Å². The maximum atomic E-state index is 13.1. The van der Waals surface area contributed by atoms with Crippen molar-refractivity contribution in [3.8, 4) is 0 Å². The monoisotopic (exact) mass is 527 g/mol. The molecule has 1 aromatic heterocycles. The molecule has 0 bridgehead atoms. The van der Waals surface area contributed by atoms with Gasteiger partial charge in [0.15, 0.2) is 0 Å². The fourth-order valence-electron chi connectivity index (χ4n) is 4.32. The van der Waals surface area contributed by atoms with Crippen molar-refractivity contribution in [1.82, 2.24) is 14.8 Å². The van der Waals surface area contributed by atoms with E-state index in [2.05, 4.69) is 39.7 Å². The molecule has 7 heteroatoms. The van der Waals surface area contributed by atoms with Crippen molar-refractivity contribution in [1.29, 1.82) is 0 Å². The highest BCUT2D eigenvalue weighted by atomic mass is 79.9. The van der Waals surface area contributed by atoms with Gasteiger partial charge < -0.3 is 14.9 Å². The summed E-state index contributed by atoms with van der Waals surface area (Å²) in [4.78, 5) is 34.5. The lowest BCUT2D eigenvalue weighted by atomic mass is 9.96. The summed E-state index contributed by atoms with van der Waals surface area (Å²) < 4.78 is 0.865. The lowest BCUT2D eigenvalue weighted by Gasteiger charge is -2.27. The van der Waals surface area contributed by atoms with Crippen molar-refractivity contribution < 1.29 is 14.7 Å². The van der Waals surface area contributed by atoms with Gasteiger partial charge in [0.05, 0.1) is 11.6 Å². The first-order valence-electron chi connectivity index (χ1n) is 12.1. The number of unbranched alkanes of at least 4 members (excludes halogenated alkanes) is 2. The van der Waals surface area contributed by atoms with E-state index < -0.39 is 17.7 Å². The molecule has 0 aliphatic carbocycles. The number of halogens is 1. The Morgan fingerprint density at radius 1 is 1.03 bits per heavy atom.